The Bertz CT molecular complexity index is 1560. The third kappa shape index (κ3) is 28.0. The van der Waals surface area contributed by atoms with E-state index in [0.29, 0.717) is 6.42 Å². The number of rotatable bonds is 47. The summed E-state index contributed by atoms with van der Waals surface area (Å²) in [5.41, 5.74) is 0. The van der Waals surface area contributed by atoms with E-state index in [1.54, 1.807) is 6.08 Å². The Morgan fingerprint density at radius 3 is 1.21 bits per heavy atom. The van der Waals surface area contributed by atoms with Crippen LogP contribution in [-0.4, -0.2) is 193 Å². The lowest BCUT2D eigenvalue weighted by Gasteiger charge is -2.48. The van der Waals surface area contributed by atoms with Gasteiger partial charge < -0.3 is 89.9 Å². The summed E-state index contributed by atoms with van der Waals surface area (Å²) in [6.07, 6.45) is 20.2. The largest absolute Gasteiger partial charge is 0.394 e. The molecule has 17 unspecified atom stereocenters. The van der Waals surface area contributed by atoms with Crippen LogP contribution in [0, 0.1) is 0 Å². The van der Waals surface area contributed by atoms with Gasteiger partial charge in [-0.1, -0.05) is 199 Å². The van der Waals surface area contributed by atoms with E-state index < -0.39 is 124 Å². The monoisotopic (exact) mass is 1150 g/mol. The smallest absolute Gasteiger partial charge is 0.220 e. The summed E-state index contributed by atoms with van der Waals surface area (Å²) in [5, 5.41) is 120. The summed E-state index contributed by atoms with van der Waals surface area (Å²) in [7, 11) is 0. The average molecular weight is 1150 g/mol. The van der Waals surface area contributed by atoms with Gasteiger partial charge in [0.25, 0.3) is 0 Å². The van der Waals surface area contributed by atoms with Gasteiger partial charge in [0, 0.05) is 6.42 Å². The van der Waals surface area contributed by atoms with E-state index in [1.165, 1.54) is 154 Å². The van der Waals surface area contributed by atoms with Crippen molar-refractivity contribution in [2.45, 2.75) is 330 Å². The standard InChI is InChI=1S/C61H113NO18/c1-3-5-7-9-11-13-15-17-18-19-20-21-22-23-24-25-26-27-29-31-33-35-37-39-49(67)62-44(45(66)38-36-34-32-30-28-16-14-12-10-8-6-4-2)43-75-59-55(73)52(70)57(47(41-64)77-59)80-61-56(74)53(71)58(48(42-65)78-61)79-60-54(72)51(69)50(68)46(40-63)76-60/h19-20,36,38,44-48,50-61,63-66,68-74H,3-18,21-35,37,39-43H2,1-2H3,(H,62,67)/b20-19-,38-36+. The number of nitrogens with one attached hydrogen (secondary N) is 1. The number of allylic oxidation sites excluding steroid dienone is 3. The third-order valence-corrected chi connectivity index (χ3v) is 16.0. The Hall–Kier alpha value is -1.73. The Kier molecular flexibility index (Phi) is 40.5. The summed E-state index contributed by atoms with van der Waals surface area (Å²) in [6.45, 7) is 1.72. The van der Waals surface area contributed by atoms with Crippen molar-refractivity contribution in [3.05, 3.63) is 24.3 Å². The van der Waals surface area contributed by atoms with Gasteiger partial charge in [-0.05, 0) is 44.9 Å². The first-order valence-electron chi connectivity index (χ1n) is 31.6. The van der Waals surface area contributed by atoms with Crippen molar-refractivity contribution < 1.29 is 89.4 Å². The summed E-state index contributed by atoms with van der Waals surface area (Å²) < 4.78 is 34.2. The fraction of sp³-hybridized carbons (Fsp3) is 0.918. The molecule has 12 N–H and O–H groups in total. The molecule has 80 heavy (non-hydrogen) atoms. The zero-order valence-corrected chi connectivity index (χ0v) is 49.1. The van der Waals surface area contributed by atoms with Crippen LogP contribution in [0.25, 0.3) is 0 Å². The van der Waals surface area contributed by atoms with Crippen LogP contribution in [0.1, 0.15) is 226 Å². The van der Waals surface area contributed by atoms with E-state index in [1.807, 2.05) is 6.08 Å². The van der Waals surface area contributed by atoms with E-state index in [4.69, 9.17) is 28.4 Å². The first-order chi connectivity index (χ1) is 38.8. The molecule has 3 heterocycles. The molecule has 19 nitrogen and oxygen atoms in total. The van der Waals surface area contributed by atoms with E-state index in [2.05, 4.69) is 31.3 Å². The Morgan fingerprint density at radius 1 is 0.438 bits per heavy atom. The van der Waals surface area contributed by atoms with Crippen molar-refractivity contribution in [3.8, 4) is 0 Å². The maximum absolute atomic E-state index is 13.3. The van der Waals surface area contributed by atoms with Gasteiger partial charge in [0.15, 0.2) is 18.9 Å². The van der Waals surface area contributed by atoms with Crippen LogP contribution in [0.2, 0.25) is 0 Å². The average Bonchev–Trinajstić information content (AvgIpc) is 3.45. The van der Waals surface area contributed by atoms with Crippen molar-refractivity contribution in [2.75, 3.05) is 26.4 Å². The van der Waals surface area contributed by atoms with Gasteiger partial charge in [-0.25, -0.2) is 0 Å². The number of carbonyl (C=O) groups is 1. The second kappa shape index (κ2) is 44.7. The first-order valence-corrected chi connectivity index (χ1v) is 31.6. The highest BCUT2D eigenvalue weighted by Crippen LogP contribution is 2.33. The van der Waals surface area contributed by atoms with Crippen molar-refractivity contribution in [3.63, 3.8) is 0 Å². The molecule has 0 saturated carbocycles. The molecule has 19 heteroatoms. The zero-order valence-electron chi connectivity index (χ0n) is 49.1. The molecule has 3 rings (SSSR count). The SMILES string of the molecule is CCCCCCCCCC/C=C\CCCCCCCCCCCCCC(=O)NC(COC1OC(CO)C(OC2OC(CO)C(OC3OC(CO)C(O)C(O)C3O)C(O)C2O)C(O)C1O)C(O)/C=C/CCCCCCCCCCCC. The third-order valence-electron chi connectivity index (χ3n) is 16.0. The van der Waals surface area contributed by atoms with Gasteiger partial charge in [0.05, 0.1) is 38.6 Å². The number of ether oxygens (including phenoxy) is 6. The Morgan fingerprint density at radius 2 is 0.787 bits per heavy atom. The van der Waals surface area contributed by atoms with Gasteiger partial charge in [-0.3, -0.25) is 4.79 Å². The lowest BCUT2D eigenvalue weighted by Crippen LogP contribution is -2.66. The molecule has 0 aromatic carbocycles. The number of unbranched alkanes of at least 4 members (excludes halogenated alkanes) is 29. The minimum Gasteiger partial charge on any atom is -0.394 e. The number of aliphatic hydroxyl groups excluding tert-OH is 11. The van der Waals surface area contributed by atoms with E-state index in [0.717, 1.165) is 44.9 Å². The Balaban J connectivity index is 1.45. The molecule has 3 aliphatic heterocycles. The van der Waals surface area contributed by atoms with E-state index in [-0.39, 0.29) is 18.9 Å². The van der Waals surface area contributed by atoms with Crippen LogP contribution in [-0.2, 0) is 33.2 Å². The molecule has 0 bridgehead atoms. The minimum absolute atomic E-state index is 0.244. The van der Waals surface area contributed by atoms with Gasteiger partial charge in [-0.2, -0.15) is 0 Å². The second-order valence-corrected chi connectivity index (χ2v) is 22.9. The lowest BCUT2D eigenvalue weighted by atomic mass is 9.96. The quantitative estimate of drug-likeness (QED) is 0.0234. The molecule has 0 aliphatic carbocycles. The minimum atomic E-state index is -1.98. The number of hydrogen-bond donors (Lipinski definition) is 12. The van der Waals surface area contributed by atoms with Crippen molar-refractivity contribution in [2.24, 2.45) is 0 Å². The van der Waals surface area contributed by atoms with Gasteiger partial charge in [0.2, 0.25) is 5.91 Å². The molecule has 3 aliphatic rings. The van der Waals surface area contributed by atoms with Gasteiger partial charge in [-0.15, -0.1) is 0 Å². The highest BCUT2D eigenvalue weighted by atomic mass is 16.8. The maximum atomic E-state index is 13.3. The molecule has 1 amide bonds. The van der Waals surface area contributed by atoms with Crippen molar-refractivity contribution in [1.82, 2.24) is 5.32 Å². The zero-order chi connectivity index (χ0) is 58.3. The summed E-state index contributed by atoms with van der Waals surface area (Å²) in [5.74, 6) is -0.276. The molecule has 470 valence electrons. The van der Waals surface area contributed by atoms with Crippen molar-refractivity contribution >= 4 is 5.91 Å². The lowest BCUT2D eigenvalue weighted by molar-refractivity contribution is -0.379. The van der Waals surface area contributed by atoms with Gasteiger partial charge in [0.1, 0.15) is 73.2 Å². The highest BCUT2D eigenvalue weighted by Gasteiger charge is 2.53. The summed E-state index contributed by atoms with van der Waals surface area (Å²) in [4.78, 5) is 13.3. The topological polar surface area (TPSA) is 307 Å². The molecule has 3 saturated heterocycles. The van der Waals surface area contributed by atoms with E-state index in [9.17, 15) is 61.0 Å². The van der Waals surface area contributed by atoms with Crippen LogP contribution < -0.4 is 5.32 Å². The number of carbonyl (C=O) groups excluding carboxylic acids is 1. The molecule has 0 aromatic heterocycles. The van der Waals surface area contributed by atoms with Crippen molar-refractivity contribution in [1.29, 1.82) is 0 Å². The fourth-order valence-corrected chi connectivity index (χ4v) is 10.8. The second-order valence-electron chi connectivity index (χ2n) is 22.9. The fourth-order valence-electron chi connectivity index (χ4n) is 10.8. The first kappa shape index (κ1) is 72.5. The van der Waals surface area contributed by atoms with Crippen LogP contribution in [0.4, 0.5) is 0 Å². The number of hydrogen-bond acceptors (Lipinski definition) is 18. The van der Waals surface area contributed by atoms with Crippen LogP contribution in [0.15, 0.2) is 24.3 Å². The number of aliphatic hydroxyl groups is 11. The normalized spacial score (nSPS) is 30.1. The van der Waals surface area contributed by atoms with Crippen LogP contribution in [0.3, 0.4) is 0 Å². The Labute approximate surface area is 479 Å². The molecular formula is C61H113NO18. The van der Waals surface area contributed by atoms with Crippen LogP contribution >= 0.6 is 0 Å². The predicted octanol–water partition coefficient (Wildman–Crippen LogP) is 6.32. The molecule has 0 radical (unpaired) electrons. The highest BCUT2D eigenvalue weighted by molar-refractivity contribution is 5.76. The molecule has 0 spiro atoms. The number of amides is 1. The molecule has 3 fully saturated rings. The summed E-state index contributed by atoms with van der Waals surface area (Å²) >= 11 is 0. The summed E-state index contributed by atoms with van der Waals surface area (Å²) in [6, 6.07) is -0.970. The predicted molar refractivity (Wildman–Crippen MR) is 305 cm³/mol. The van der Waals surface area contributed by atoms with Gasteiger partial charge >= 0.3 is 0 Å². The molecule has 0 aromatic rings. The maximum Gasteiger partial charge on any atom is 0.220 e. The van der Waals surface area contributed by atoms with E-state index >= 15 is 0 Å². The molecule has 17 atom stereocenters. The molecular weight excluding hydrogens is 1030 g/mol. The van der Waals surface area contributed by atoms with Crippen LogP contribution in [0.5, 0.6) is 0 Å².